The van der Waals surface area contributed by atoms with Gasteiger partial charge in [-0.3, -0.25) is 4.90 Å². The molecule has 0 spiro atoms. The second-order valence-corrected chi connectivity index (χ2v) is 5.85. The molecule has 2 unspecified atom stereocenters. The number of nitrogens with zero attached hydrogens (tertiary/aromatic N) is 1. The van der Waals surface area contributed by atoms with E-state index in [0.717, 1.165) is 18.9 Å². The molecule has 3 heteroatoms. The predicted octanol–water partition coefficient (Wildman–Crippen LogP) is 3.08. The lowest BCUT2D eigenvalue weighted by Gasteiger charge is -2.32. The first-order valence-corrected chi connectivity index (χ1v) is 7.81. The monoisotopic (exact) mass is 276 g/mol. The molecule has 20 heavy (non-hydrogen) atoms. The zero-order valence-corrected chi connectivity index (χ0v) is 13.2. The highest BCUT2D eigenvalue weighted by Gasteiger charge is 2.37. The number of nitrogens with one attached hydrogen (secondary N) is 1. The third kappa shape index (κ3) is 3.15. The van der Waals surface area contributed by atoms with Gasteiger partial charge in [0.2, 0.25) is 0 Å². The van der Waals surface area contributed by atoms with Gasteiger partial charge in [0.1, 0.15) is 5.75 Å². The quantitative estimate of drug-likeness (QED) is 0.864. The van der Waals surface area contributed by atoms with Crippen molar-refractivity contribution in [3.05, 3.63) is 29.8 Å². The van der Waals surface area contributed by atoms with Crippen molar-refractivity contribution in [3.63, 3.8) is 0 Å². The fourth-order valence-electron chi connectivity index (χ4n) is 3.38. The number of likely N-dealkylation sites (tertiary alicyclic amines) is 1. The van der Waals surface area contributed by atoms with Gasteiger partial charge in [0.15, 0.2) is 0 Å². The van der Waals surface area contributed by atoms with E-state index < -0.39 is 0 Å². The average Bonchev–Trinajstić information content (AvgIpc) is 2.84. The highest BCUT2D eigenvalue weighted by atomic mass is 16.5. The number of hydrogen-bond donors (Lipinski definition) is 1. The van der Waals surface area contributed by atoms with Gasteiger partial charge >= 0.3 is 0 Å². The van der Waals surface area contributed by atoms with Crippen LogP contribution in [0, 0.1) is 5.92 Å². The van der Waals surface area contributed by atoms with Crippen LogP contribution >= 0.6 is 0 Å². The molecule has 1 aliphatic rings. The Balaban J connectivity index is 2.33. The molecule has 0 amide bonds. The highest BCUT2D eigenvalue weighted by molar-refractivity contribution is 5.37. The van der Waals surface area contributed by atoms with Gasteiger partial charge in [0.25, 0.3) is 0 Å². The van der Waals surface area contributed by atoms with Gasteiger partial charge in [-0.2, -0.15) is 0 Å². The number of ether oxygens (including phenoxy) is 1. The summed E-state index contributed by atoms with van der Waals surface area (Å²) in [7, 11) is 2.05. The van der Waals surface area contributed by atoms with E-state index in [2.05, 4.69) is 55.3 Å². The predicted molar refractivity (Wildman–Crippen MR) is 84.2 cm³/mol. The summed E-state index contributed by atoms with van der Waals surface area (Å²) in [4.78, 5) is 2.61. The Morgan fingerprint density at radius 2 is 2.10 bits per heavy atom. The van der Waals surface area contributed by atoms with E-state index in [0.29, 0.717) is 18.0 Å². The van der Waals surface area contributed by atoms with Gasteiger partial charge < -0.3 is 10.1 Å². The van der Waals surface area contributed by atoms with Gasteiger partial charge in [-0.15, -0.1) is 0 Å². The van der Waals surface area contributed by atoms with E-state index in [4.69, 9.17) is 4.74 Å². The van der Waals surface area contributed by atoms with Gasteiger partial charge in [-0.25, -0.2) is 0 Å². The molecule has 0 radical (unpaired) electrons. The van der Waals surface area contributed by atoms with E-state index in [1.807, 2.05) is 7.05 Å². The fraction of sp³-hybridized carbons (Fsp3) is 0.647. The first-order valence-electron chi connectivity index (χ1n) is 7.81. The second kappa shape index (κ2) is 7.09. The lowest BCUT2D eigenvalue weighted by atomic mass is 9.92. The second-order valence-electron chi connectivity index (χ2n) is 5.85. The maximum atomic E-state index is 5.86. The summed E-state index contributed by atoms with van der Waals surface area (Å²) in [6.07, 6.45) is 1.25. The first-order chi connectivity index (χ1) is 9.69. The molecule has 0 aliphatic carbocycles. The molecule has 2 atom stereocenters. The third-order valence-electron chi connectivity index (χ3n) is 4.23. The molecule has 1 saturated heterocycles. The van der Waals surface area contributed by atoms with Crippen molar-refractivity contribution in [2.75, 3.05) is 26.7 Å². The van der Waals surface area contributed by atoms with Crippen LogP contribution in [0.25, 0.3) is 0 Å². The Morgan fingerprint density at radius 3 is 2.75 bits per heavy atom. The summed E-state index contributed by atoms with van der Waals surface area (Å²) < 4.78 is 5.86. The van der Waals surface area contributed by atoms with Crippen LogP contribution in [0.15, 0.2) is 24.3 Å². The summed E-state index contributed by atoms with van der Waals surface area (Å²) in [6.45, 7) is 9.60. The van der Waals surface area contributed by atoms with Crippen molar-refractivity contribution >= 4 is 0 Å². The first kappa shape index (κ1) is 15.3. The van der Waals surface area contributed by atoms with Gasteiger partial charge in [0.05, 0.1) is 6.61 Å². The summed E-state index contributed by atoms with van der Waals surface area (Å²) in [6, 6.07) is 9.56. The number of hydrogen-bond acceptors (Lipinski definition) is 3. The number of benzene rings is 1. The molecule has 2 rings (SSSR count). The maximum Gasteiger partial charge on any atom is 0.124 e. The normalized spacial score (nSPS) is 23.4. The van der Waals surface area contributed by atoms with E-state index >= 15 is 0 Å². The molecule has 112 valence electrons. The van der Waals surface area contributed by atoms with Crippen LogP contribution in [-0.2, 0) is 0 Å². The molecule has 1 fully saturated rings. The maximum absolute atomic E-state index is 5.86. The summed E-state index contributed by atoms with van der Waals surface area (Å²) >= 11 is 0. The van der Waals surface area contributed by atoms with Crippen molar-refractivity contribution in [1.29, 1.82) is 0 Å². The molecule has 1 N–H and O–H groups in total. The summed E-state index contributed by atoms with van der Waals surface area (Å²) in [5.74, 6) is 1.71. The molecule has 0 saturated carbocycles. The van der Waals surface area contributed by atoms with Crippen LogP contribution in [0.2, 0.25) is 0 Å². The topological polar surface area (TPSA) is 24.5 Å². The molecule has 0 aromatic heterocycles. The highest BCUT2D eigenvalue weighted by Crippen LogP contribution is 2.41. The van der Waals surface area contributed by atoms with Crippen LogP contribution < -0.4 is 10.1 Å². The Hall–Kier alpha value is -1.06. The summed E-state index contributed by atoms with van der Waals surface area (Å²) in [5.41, 5.74) is 1.35. The number of rotatable bonds is 6. The van der Waals surface area contributed by atoms with Gasteiger partial charge in [-0.1, -0.05) is 18.2 Å². The fourth-order valence-corrected chi connectivity index (χ4v) is 3.38. The largest absolute Gasteiger partial charge is 0.494 e. The molecule has 1 aliphatic heterocycles. The van der Waals surface area contributed by atoms with Crippen LogP contribution in [0.5, 0.6) is 5.75 Å². The van der Waals surface area contributed by atoms with E-state index in [9.17, 15) is 0 Å². The minimum atomic E-state index is 0.463. The van der Waals surface area contributed by atoms with Crippen LogP contribution in [0.1, 0.15) is 38.8 Å². The van der Waals surface area contributed by atoms with Crippen molar-refractivity contribution in [1.82, 2.24) is 10.2 Å². The Kier molecular flexibility index (Phi) is 5.44. The van der Waals surface area contributed by atoms with Crippen molar-refractivity contribution in [3.8, 4) is 5.75 Å². The van der Waals surface area contributed by atoms with E-state index in [1.54, 1.807) is 0 Å². The molecule has 0 bridgehead atoms. The Morgan fingerprint density at radius 1 is 1.35 bits per heavy atom. The van der Waals surface area contributed by atoms with Gasteiger partial charge in [-0.05, 0) is 59.3 Å². The molecule has 1 heterocycles. The molecule has 1 aromatic carbocycles. The van der Waals surface area contributed by atoms with Crippen LogP contribution in [0.4, 0.5) is 0 Å². The van der Waals surface area contributed by atoms with Crippen LogP contribution in [0.3, 0.4) is 0 Å². The SMILES string of the molecule is CCOc1ccccc1C1C(CNC)CCN1C(C)C. The smallest absolute Gasteiger partial charge is 0.124 e. The van der Waals surface area contributed by atoms with E-state index in [1.165, 1.54) is 18.5 Å². The van der Waals surface area contributed by atoms with Crippen molar-refractivity contribution in [2.24, 2.45) is 5.92 Å². The Labute approximate surface area is 123 Å². The lowest BCUT2D eigenvalue weighted by molar-refractivity contribution is 0.177. The standard InChI is InChI=1S/C17H28N2O/c1-5-20-16-9-7-6-8-15(16)17-14(12-18-4)10-11-19(17)13(2)3/h6-9,13-14,17-18H,5,10-12H2,1-4H3. The average molecular weight is 276 g/mol. The molecule has 3 nitrogen and oxygen atoms in total. The van der Waals surface area contributed by atoms with E-state index in [-0.39, 0.29) is 0 Å². The molecule has 1 aromatic rings. The molecular formula is C17H28N2O. The van der Waals surface area contributed by atoms with Crippen molar-refractivity contribution < 1.29 is 4.74 Å². The number of para-hydroxylation sites is 1. The van der Waals surface area contributed by atoms with Crippen molar-refractivity contribution in [2.45, 2.75) is 39.3 Å². The minimum absolute atomic E-state index is 0.463. The third-order valence-corrected chi connectivity index (χ3v) is 4.23. The minimum Gasteiger partial charge on any atom is -0.494 e. The van der Waals surface area contributed by atoms with Crippen LogP contribution in [-0.4, -0.2) is 37.7 Å². The molecular weight excluding hydrogens is 248 g/mol. The zero-order valence-electron chi connectivity index (χ0n) is 13.2. The lowest BCUT2D eigenvalue weighted by Crippen LogP contribution is -2.34. The summed E-state index contributed by atoms with van der Waals surface area (Å²) in [5, 5.41) is 3.35. The van der Waals surface area contributed by atoms with Gasteiger partial charge in [0, 0.05) is 17.6 Å². The zero-order chi connectivity index (χ0) is 14.5. The Bertz CT molecular complexity index is 419.